The molecule has 0 saturated heterocycles. The summed E-state index contributed by atoms with van der Waals surface area (Å²) < 4.78 is 6.19. The number of nitrogens with one attached hydrogen (secondary N) is 1. The van der Waals surface area contributed by atoms with Gasteiger partial charge in [0.25, 0.3) is 0 Å². The first-order valence-electron chi connectivity index (χ1n) is 4.90. The van der Waals surface area contributed by atoms with Gasteiger partial charge in [0.15, 0.2) is 0 Å². The highest BCUT2D eigenvalue weighted by Gasteiger charge is 2.12. The maximum Gasteiger partial charge on any atom is 0.339 e. The fraction of sp³-hybridized carbons (Fsp3) is 0.182. The number of halogens is 1. The van der Waals surface area contributed by atoms with Crippen LogP contribution in [0.3, 0.4) is 0 Å². The number of carboxylic acids is 1. The van der Waals surface area contributed by atoms with Crippen molar-refractivity contribution in [1.29, 1.82) is 0 Å². The van der Waals surface area contributed by atoms with Crippen LogP contribution in [0.1, 0.15) is 21.0 Å². The lowest BCUT2D eigenvalue weighted by atomic mass is 10.2. The van der Waals surface area contributed by atoms with Crippen LogP contribution in [0.2, 0.25) is 0 Å². The van der Waals surface area contributed by atoms with E-state index < -0.39 is 5.97 Å². The Hall–Kier alpha value is -1.11. The summed E-state index contributed by atoms with van der Waals surface area (Å²) in [4.78, 5) is 12.0. The van der Waals surface area contributed by atoms with Crippen LogP contribution in [0.25, 0.3) is 0 Å². The Morgan fingerprint density at radius 2 is 2.29 bits per heavy atom. The molecule has 0 fully saturated rings. The molecule has 0 atom stereocenters. The van der Waals surface area contributed by atoms with Crippen molar-refractivity contribution < 1.29 is 14.3 Å². The van der Waals surface area contributed by atoms with Crippen LogP contribution in [0.15, 0.2) is 32.7 Å². The molecule has 2 aromatic heterocycles. The van der Waals surface area contributed by atoms with Gasteiger partial charge in [0.2, 0.25) is 0 Å². The minimum atomic E-state index is -0.965. The molecule has 6 heteroatoms. The lowest BCUT2D eigenvalue weighted by Crippen LogP contribution is -2.13. The van der Waals surface area contributed by atoms with Gasteiger partial charge in [-0.1, -0.05) is 0 Å². The summed E-state index contributed by atoms with van der Waals surface area (Å²) in [5, 5.41) is 14.0. The van der Waals surface area contributed by atoms with Crippen LogP contribution in [0.5, 0.6) is 0 Å². The molecule has 0 amide bonds. The minimum Gasteiger partial charge on any atom is -0.478 e. The summed E-state index contributed by atoms with van der Waals surface area (Å²) in [5.41, 5.74) is 0.211. The summed E-state index contributed by atoms with van der Waals surface area (Å²) in [6.45, 7) is 1.08. The largest absolute Gasteiger partial charge is 0.478 e. The molecule has 0 radical (unpaired) electrons. The van der Waals surface area contributed by atoms with Crippen LogP contribution in [0.4, 0.5) is 0 Å². The average molecular weight is 316 g/mol. The molecule has 0 aliphatic heterocycles. The zero-order chi connectivity index (χ0) is 12.3. The topological polar surface area (TPSA) is 62.5 Å². The van der Waals surface area contributed by atoms with Crippen molar-refractivity contribution in [3.8, 4) is 0 Å². The Labute approximate surface area is 110 Å². The fourth-order valence-electron chi connectivity index (χ4n) is 1.41. The van der Waals surface area contributed by atoms with Gasteiger partial charge < -0.3 is 14.8 Å². The first kappa shape index (κ1) is 12.3. The standard InChI is InChI=1S/C11H10BrNO3S/c12-8-2-4-17-10(8)6-13-5-9-7(11(14)15)1-3-16-9/h1-4,13H,5-6H2,(H,14,15). The SMILES string of the molecule is O=C(O)c1ccoc1CNCc1sccc1Br. The Morgan fingerprint density at radius 1 is 1.47 bits per heavy atom. The summed E-state index contributed by atoms with van der Waals surface area (Å²) in [5.74, 6) is -0.516. The highest BCUT2D eigenvalue weighted by atomic mass is 79.9. The number of hydrogen-bond donors (Lipinski definition) is 2. The van der Waals surface area contributed by atoms with Crippen LogP contribution in [0, 0.1) is 0 Å². The molecule has 0 spiro atoms. The molecule has 0 aromatic carbocycles. The van der Waals surface area contributed by atoms with E-state index in [2.05, 4.69) is 21.2 Å². The van der Waals surface area contributed by atoms with E-state index >= 15 is 0 Å². The van der Waals surface area contributed by atoms with E-state index in [1.165, 1.54) is 17.2 Å². The van der Waals surface area contributed by atoms with E-state index in [4.69, 9.17) is 9.52 Å². The number of carboxylic acid groups (broad SMARTS) is 1. The van der Waals surface area contributed by atoms with E-state index in [-0.39, 0.29) is 5.56 Å². The highest BCUT2D eigenvalue weighted by molar-refractivity contribution is 9.10. The average Bonchev–Trinajstić information content (AvgIpc) is 2.88. The number of aromatic carboxylic acids is 1. The highest BCUT2D eigenvalue weighted by Crippen LogP contribution is 2.22. The molecule has 2 heterocycles. The molecule has 0 bridgehead atoms. The molecular formula is C11H10BrNO3S. The Morgan fingerprint density at radius 3 is 2.94 bits per heavy atom. The fourth-order valence-corrected chi connectivity index (χ4v) is 2.87. The van der Waals surface area contributed by atoms with Gasteiger partial charge in [0, 0.05) is 15.9 Å². The van der Waals surface area contributed by atoms with Crippen molar-refractivity contribution in [2.24, 2.45) is 0 Å². The van der Waals surface area contributed by atoms with Crippen molar-refractivity contribution >= 4 is 33.2 Å². The van der Waals surface area contributed by atoms with Gasteiger partial charge in [-0.05, 0) is 33.4 Å². The number of furan rings is 1. The third-order valence-electron chi connectivity index (χ3n) is 2.24. The third-order valence-corrected chi connectivity index (χ3v) is 4.16. The van der Waals surface area contributed by atoms with Gasteiger partial charge in [0.05, 0.1) is 12.8 Å². The van der Waals surface area contributed by atoms with Gasteiger partial charge >= 0.3 is 5.97 Å². The first-order chi connectivity index (χ1) is 8.18. The molecule has 4 nitrogen and oxygen atoms in total. The second-order valence-electron chi connectivity index (χ2n) is 3.36. The number of hydrogen-bond acceptors (Lipinski definition) is 4. The lowest BCUT2D eigenvalue weighted by molar-refractivity contribution is 0.0694. The van der Waals surface area contributed by atoms with Crippen molar-refractivity contribution in [3.63, 3.8) is 0 Å². The third kappa shape index (κ3) is 2.96. The van der Waals surface area contributed by atoms with Crippen LogP contribution in [-0.2, 0) is 13.1 Å². The van der Waals surface area contributed by atoms with Gasteiger partial charge in [0.1, 0.15) is 11.3 Å². The maximum absolute atomic E-state index is 10.8. The molecule has 2 aromatic rings. The van der Waals surface area contributed by atoms with Crippen molar-refractivity contribution in [2.45, 2.75) is 13.1 Å². The van der Waals surface area contributed by atoms with Crippen molar-refractivity contribution in [2.75, 3.05) is 0 Å². The molecular weight excluding hydrogens is 306 g/mol. The van der Waals surface area contributed by atoms with E-state index in [0.717, 1.165) is 4.47 Å². The van der Waals surface area contributed by atoms with E-state index in [1.54, 1.807) is 11.3 Å². The second kappa shape index (κ2) is 5.48. The Bertz CT molecular complexity index is 520. The van der Waals surface area contributed by atoms with Crippen LogP contribution in [-0.4, -0.2) is 11.1 Å². The molecule has 2 N–H and O–H groups in total. The van der Waals surface area contributed by atoms with E-state index in [9.17, 15) is 4.79 Å². The number of thiophene rings is 1. The zero-order valence-electron chi connectivity index (χ0n) is 8.77. The zero-order valence-corrected chi connectivity index (χ0v) is 11.2. The first-order valence-corrected chi connectivity index (χ1v) is 6.58. The summed E-state index contributed by atoms with van der Waals surface area (Å²) in [7, 11) is 0. The summed E-state index contributed by atoms with van der Waals surface area (Å²) in [6.07, 6.45) is 1.39. The predicted octanol–water partition coefficient (Wildman–Crippen LogP) is 3.09. The van der Waals surface area contributed by atoms with Crippen LogP contribution < -0.4 is 5.32 Å². The molecule has 0 aliphatic rings. The van der Waals surface area contributed by atoms with E-state index in [0.29, 0.717) is 18.8 Å². The summed E-state index contributed by atoms with van der Waals surface area (Å²) >= 11 is 5.08. The van der Waals surface area contributed by atoms with Gasteiger partial charge in [-0.3, -0.25) is 0 Å². The Balaban J connectivity index is 1.92. The normalized spacial score (nSPS) is 10.6. The number of carbonyl (C=O) groups is 1. The van der Waals surface area contributed by atoms with Gasteiger partial charge in [-0.15, -0.1) is 11.3 Å². The number of rotatable bonds is 5. The lowest BCUT2D eigenvalue weighted by Gasteiger charge is -2.02. The quantitative estimate of drug-likeness (QED) is 0.890. The maximum atomic E-state index is 10.8. The smallest absolute Gasteiger partial charge is 0.339 e. The molecule has 0 unspecified atom stereocenters. The van der Waals surface area contributed by atoms with Crippen LogP contribution >= 0.6 is 27.3 Å². The summed E-state index contributed by atoms with van der Waals surface area (Å²) in [6, 6.07) is 3.44. The predicted molar refractivity (Wildman–Crippen MR) is 68.2 cm³/mol. The molecule has 0 saturated carbocycles. The van der Waals surface area contributed by atoms with Gasteiger partial charge in [-0.2, -0.15) is 0 Å². The Kier molecular flexibility index (Phi) is 3.98. The van der Waals surface area contributed by atoms with Gasteiger partial charge in [-0.25, -0.2) is 4.79 Å². The molecule has 17 heavy (non-hydrogen) atoms. The molecule has 0 aliphatic carbocycles. The van der Waals surface area contributed by atoms with E-state index in [1.807, 2.05) is 11.4 Å². The second-order valence-corrected chi connectivity index (χ2v) is 5.21. The van der Waals surface area contributed by atoms with Crippen molar-refractivity contribution in [3.05, 3.63) is 44.4 Å². The minimum absolute atomic E-state index is 0.211. The molecule has 2 rings (SSSR count). The van der Waals surface area contributed by atoms with Crippen molar-refractivity contribution in [1.82, 2.24) is 5.32 Å². The molecule has 90 valence electrons. The monoisotopic (exact) mass is 315 g/mol.